The molecule has 1 saturated heterocycles. The van der Waals surface area contributed by atoms with Crippen LogP contribution < -0.4 is 5.73 Å². The number of hydrogen-bond acceptors (Lipinski definition) is 5. The number of anilines is 1. The van der Waals surface area contributed by atoms with Gasteiger partial charge in [0.1, 0.15) is 0 Å². The van der Waals surface area contributed by atoms with Crippen LogP contribution in [0.5, 0.6) is 0 Å². The molecular formula is C11H12ClN5O. The Hall–Kier alpha value is -1.66. The standard InChI is InChI=1S/C11H12ClN5O/c12-10-5-7(13)1-2-9(10)11-14-15-16-17(11)8-3-4-18-6-8/h1-2,5,8H,3-4,6,13H2. The Kier molecular flexibility index (Phi) is 2.89. The lowest BCUT2D eigenvalue weighted by atomic mass is 10.2. The molecule has 1 aromatic carbocycles. The number of aromatic nitrogens is 4. The van der Waals surface area contributed by atoms with Crippen molar-refractivity contribution < 1.29 is 4.74 Å². The van der Waals surface area contributed by atoms with Gasteiger partial charge in [-0.2, -0.15) is 0 Å². The van der Waals surface area contributed by atoms with Crippen molar-refractivity contribution in [2.75, 3.05) is 18.9 Å². The number of rotatable bonds is 2. The largest absolute Gasteiger partial charge is 0.399 e. The van der Waals surface area contributed by atoms with Crippen LogP contribution in [0.2, 0.25) is 5.02 Å². The minimum atomic E-state index is 0.170. The van der Waals surface area contributed by atoms with Gasteiger partial charge < -0.3 is 10.5 Å². The van der Waals surface area contributed by atoms with Crippen LogP contribution >= 0.6 is 11.6 Å². The van der Waals surface area contributed by atoms with Crippen LogP contribution in [-0.4, -0.2) is 33.4 Å². The molecule has 0 radical (unpaired) electrons. The fourth-order valence-electron chi connectivity index (χ4n) is 2.04. The summed E-state index contributed by atoms with van der Waals surface area (Å²) in [5.74, 6) is 0.649. The highest BCUT2D eigenvalue weighted by Crippen LogP contribution is 2.30. The van der Waals surface area contributed by atoms with Crippen molar-refractivity contribution in [2.45, 2.75) is 12.5 Å². The number of benzene rings is 1. The van der Waals surface area contributed by atoms with Gasteiger partial charge in [0, 0.05) is 17.9 Å². The number of nitrogen functional groups attached to an aromatic ring is 1. The fraction of sp³-hybridized carbons (Fsp3) is 0.364. The third kappa shape index (κ3) is 1.93. The zero-order valence-corrected chi connectivity index (χ0v) is 10.3. The first kappa shape index (κ1) is 11.4. The van der Waals surface area contributed by atoms with Gasteiger partial charge in [-0.1, -0.05) is 11.6 Å². The monoisotopic (exact) mass is 265 g/mol. The van der Waals surface area contributed by atoms with E-state index in [-0.39, 0.29) is 6.04 Å². The van der Waals surface area contributed by atoms with Crippen LogP contribution in [0.4, 0.5) is 5.69 Å². The average molecular weight is 266 g/mol. The highest BCUT2D eigenvalue weighted by Gasteiger charge is 2.23. The van der Waals surface area contributed by atoms with E-state index < -0.39 is 0 Å². The second-order valence-electron chi connectivity index (χ2n) is 4.20. The predicted octanol–water partition coefficient (Wildman–Crippen LogP) is 1.54. The van der Waals surface area contributed by atoms with Gasteiger partial charge in [-0.25, -0.2) is 4.68 Å². The molecule has 2 N–H and O–H groups in total. The van der Waals surface area contributed by atoms with E-state index in [1.165, 1.54) is 0 Å². The van der Waals surface area contributed by atoms with Crippen LogP contribution in [0.15, 0.2) is 18.2 Å². The maximum absolute atomic E-state index is 6.18. The Morgan fingerprint density at radius 2 is 2.33 bits per heavy atom. The SMILES string of the molecule is Nc1ccc(-c2nnnn2C2CCOC2)c(Cl)c1. The molecule has 7 heteroatoms. The summed E-state index contributed by atoms with van der Waals surface area (Å²) in [6.07, 6.45) is 0.907. The van der Waals surface area contributed by atoms with Gasteiger partial charge in [-0.3, -0.25) is 0 Å². The predicted molar refractivity (Wildman–Crippen MR) is 67.1 cm³/mol. The van der Waals surface area contributed by atoms with E-state index in [0.717, 1.165) is 18.6 Å². The quantitative estimate of drug-likeness (QED) is 0.833. The summed E-state index contributed by atoms with van der Waals surface area (Å²) >= 11 is 6.18. The lowest BCUT2D eigenvalue weighted by Gasteiger charge is -2.11. The van der Waals surface area contributed by atoms with Crippen LogP contribution in [0, 0.1) is 0 Å². The molecule has 3 rings (SSSR count). The van der Waals surface area contributed by atoms with E-state index in [2.05, 4.69) is 15.5 Å². The van der Waals surface area contributed by atoms with Crippen molar-refractivity contribution in [3.8, 4) is 11.4 Å². The molecular weight excluding hydrogens is 254 g/mol. The first-order valence-electron chi connectivity index (χ1n) is 5.66. The first-order valence-corrected chi connectivity index (χ1v) is 6.04. The summed E-state index contributed by atoms with van der Waals surface area (Å²) in [4.78, 5) is 0. The molecule has 1 unspecified atom stereocenters. The summed E-state index contributed by atoms with van der Waals surface area (Å²) in [6.45, 7) is 1.37. The van der Waals surface area contributed by atoms with Crippen molar-refractivity contribution in [1.29, 1.82) is 0 Å². The normalized spacial score (nSPS) is 19.3. The molecule has 18 heavy (non-hydrogen) atoms. The molecule has 1 fully saturated rings. The smallest absolute Gasteiger partial charge is 0.183 e. The molecule has 2 aromatic rings. The van der Waals surface area contributed by atoms with Crippen molar-refractivity contribution in [1.82, 2.24) is 20.2 Å². The number of nitrogens with zero attached hydrogens (tertiary/aromatic N) is 4. The Bertz CT molecular complexity index is 564. The van der Waals surface area contributed by atoms with E-state index in [4.69, 9.17) is 22.1 Å². The number of ether oxygens (including phenoxy) is 1. The Morgan fingerprint density at radius 1 is 1.44 bits per heavy atom. The van der Waals surface area contributed by atoms with Gasteiger partial charge in [0.15, 0.2) is 5.82 Å². The van der Waals surface area contributed by atoms with Crippen LogP contribution in [-0.2, 0) is 4.74 Å². The lowest BCUT2D eigenvalue weighted by molar-refractivity contribution is 0.184. The molecule has 6 nitrogen and oxygen atoms in total. The molecule has 1 aliphatic heterocycles. The maximum Gasteiger partial charge on any atom is 0.183 e. The number of hydrogen-bond donors (Lipinski definition) is 1. The molecule has 0 spiro atoms. The Labute approximate surface area is 109 Å². The summed E-state index contributed by atoms with van der Waals surface area (Å²) in [5.41, 5.74) is 7.08. The van der Waals surface area contributed by atoms with E-state index >= 15 is 0 Å². The first-order chi connectivity index (χ1) is 8.75. The van der Waals surface area contributed by atoms with E-state index in [1.54, 1.807) is 16.8 Å². The highest BCUT2D eigenvalue weighted by atomic mass is 35.5. The zero-order valence-electron chi connectivity index (χ0n) is 9.58. The van der Waals surface area contributed by atoms with Crippen molar-refractivity contribution >= 4 is 17.3 Å². The number of nitrogens with two attached hydrogens (primary N) is 1. The van der Waals surface area contributed by atoms with Gasteiger partial charge in [0.25, 0.3) is 0 Å². The molecule has 1 atom stereocenters. The second kappa shape index (κ2) is 4.55. The average Bonchev–Trinajstić information content (AvgIpc) is 2.98. The summed E-state index contributed by atoms with van der Waals surface area (Å²) < 4.78 is 7.12. The van der Waals surface area contributed by atoms with Gasteiger partial charge in [0.2, 0.25) is 0 Å². The molecule has 0 bridgehead atoms. The molecule has 0 saturated carbocycles. The zero-order chi connectivity index (χ0) is 12.5. The van der Waals surface area contributed by atoms with Gasteiger partial charge in [0.05, 0.1) is 17.7 Å². The lowest BCUT2D eigenvalue weighted by Crippen LogP contribution is -2.12. The number of halogens is 1. The van der Waals surface area contributed by atoms with Crippen molar-refractivity contribution in [3.63, 3.8) is 0 Å². The van der Waals surface area contributed by atoms with Gasteiger partial charge in [-0.05, 0) is 35.0 Å². The molecule has 2 heterocycles. The van der Waals surface area contributed by atoms with E-state index in [0.29, 0.717) is 23.1 Å². The molecule has 1 aromatic heterocycles. The summed E-state index contributed by atoms with van der Waals surface area (Å²) in [5, 5.41) is 12.3. The second-order valence-corrected chi connectivity index (χ2v) is 4.61. The maximum atomic E-state index is 6.18. The van der Waals surface area contributed by atoms with Crippen molar-refractivity contribution in [3.05, 3.63) is 23.2 Å². The third-order valence-corrected chi connectivity index (χ3v) is 3.29. The molecule has 0 aliphatic carbocycles. The van der Waals surface area contributed by atoms with Crippen molar-refractivity contribution in [2.24, 2.45) is 0 Å². The molecule has 0 amide bonds. The van der Waals surface area contributed by atoms with Gasteiger partial charge >= 0.3 is 0 Å². The molecule has 94 valence electrons. The third-order valence-electron chi connectivity index (χ3n) is 2.98. The van der Waals surface area contributed by atoms with Gasteiger partial charge in [-0.15, -0.1) is 5.10 Å². The minimum Gasteiger partial charge on any atom is -0.399 e. The summed E-state index contributed by atoms with van der Waals surface area (Å²) in [7, 11) is 0. The molecule has 1 aliphatic rings. The Morgan fingerprint density at radius 3 is 3.06 bits per heavy atom. The van der Waals surface area contributed by atoms with Crippen LogP contribution in [0.25, 0.3) is 11.4 Å². The van der Waals surface area contributed by atoms with E-state index in [9.17, 15) is 0 Å². The summed E-state index contributed by atoms with van der Waals surface area (Å²) in [6, 6.07) is 5.48. The number of tetrazole rings is 1. The minimum absolute atomic E-state index is 0.170. The Balaban J connectivity index is 2.03. The van der Waals surface area contributed by atoms with Crippen LogP contribution in [0.3, 0.4) is 0 Å². The highest BCUT2D eigenvalue weighted by molar-refractivity contribution is 6.33. The van der Waals surface area contributed by atoms with Crippen LogP contribution in [0.1, 0.15) is 12.5 Å². The van der Waals surface area contributed by atoms with E-state index in [1.807, 2.05) is 6.07 Å². The topological polar surface area (TPSA) is 78.9 Å². The fourth-order valence-corrected chi connectivity index (χ4v) is 2.32.